The monoisotopic (exact) mass is 334 g/mol. The summed E-state index contributed by atoms with van der Waals surface area (Å²) in [6.45, 7) is 0.417. The summed E-state index contributed by atoms with van der Waals surface area (Å²) in [6.07, 6.45) is 3.57. The molecule has 1 aromatic carbocycles. The van der Waals surface area contributed by atoms with E-state index in [0.717, 1.165) is 31.2 Å². The van der Waals surface area contributed by atoms with E-state index >= 15 is 0 Å². The van der Waals surface area contributed by atoms with Gasteiger partial charge in [-0.25, -0.2) is 0 Å². The molecule has 24 heavy (non-hydrogen) atoms. The second-order valence-electron chi connectivity index (χ2n) is 6.20. The summed E-state index contributed by atoms with van der Waals surface area (Å²) < 4.78 is 10.1. The Morgan fingerprint density at radius 2 is 1.71 bits per heavy atom. The van der Waals surface area contributed by atoms with E-state index in [1.54, 1.807) is 0 Å². The van der Waals surface area contributed by atoms with Crippen LogP contribution < -0.4 is 5.73 Å². The predicted molar refractivity (Wildman–Crippen MR) is 90.1 cm³/mol. The molecular weight excluding hydrogens is 308 g/mol. The summed E-state index contributed by atoms with van der Waals surface area (Å²) in [5.41, 5.74) is 6.88. The minimum Gasteiger partial charge on any atom is -0.468 e. The van der Waals surface area contributed by atoms with Crippen molar-refractivity contribution in [1.29, 1.82) is 0 Å². The largest absolute Gasteiger partial charge is 0.468 e. The van der Waals surface area contributed by atoms with E-state index in [9.17, 15) is 9.59 Å². The van der Waals surface area contributed by atoms with Crippen LogP contribution in [0.1, 0.15) is 31.2 Å². The molecular formula is C18H26N2O4. The molecule has 0 saturated heterocycles. The molecule has 1 fully saturated rings. The average molecular weight is 334 g/mol. The first kappa shape index (κ1) is 18.4. The first-order valence-corrected chi connectivity index (χ1v) is 8.34. The van der Waals surface area contributed by atoms with Crippen molar-refractivity contribution in [1.82, 2.24) is 4.90 Å². The zero-order valence-corrected chi connectivity index (χ0v) is 14.1. The van der Waals surface area contributed by atoms with Crippen LogP contribution >= 0.6 is 0 Å². The van der Waals surface area contributed by atoms with Crippen LogP contribution in [0.5, 0.6) is 0 Å². The molecule has 132 valence electrons. The fourth-order valence-corrected chi connectivity index (χ4v) is 2.96. The van der Waals surface area contributed by atoms with Gasteiger partial charge in [-0.1, -0.05) is 30.3 Å². The van der Waals surface area contributed by atoms with Crippen LogP contribution in [0.2, 0.25) is 0 Å². The van der Waals surface area contributed by atoms with Gasteiger partial charge in [0.2, 0.25) is 0 Å². The van der Waals surface area contributed by atoms with Crippen LogP contribution in [0.4, 0.5) is 0 Å². The van der Waals surface area contributed by atoms with Crippen LogP contribution in [0, 0.1) is 0 Å². The first-order chi connectivity index (χ1) is 11.6. The minimum atomic E-state index is -0.347. The van der Waals surface area contributed by atoms with E-state index in [0.29, 0.717) is 0 Å². The number of hydrogen-bond acceptors (Lipinski definition) is 6. The maximum atomic E-state index is 12.2. The number of nitrogens with two attached hydrogens (primary N) is 1. The van der Waals surface area contributed by atoms with Crippen molar-refractivity contribution in [2.24, 2.45) is 5.73 Å². The molecule has 0 heterocycles. The van der Waals surface area contributed by atoms with Gasteiger partial charge in [0.15, 0.2) is 0 Å². The van der Waals surface area contributed by atoms with Crippen molar-refractivity contribution in [3.63, 3.8) is 0 Å². The molecule has 0 aromatic heterocycles. The number of methoxy groups -OCH3 is 1. The van der Waals surface area contributed by atoms with Gasteiger partial charge in [-0.3, -0.25) is 14.5 Å². The molecule has 2 rings (SSSR count). The SMILES string of the molecule is COC(=O)CN(CC(=O)OCc1ccccc1)C1CCC(N)CC1. The van der Waals surface area contributed by atoms with Crippen molar-refractivity contribution in [3.8, 4) is 0 Å². The maximum Gasteiger partial charge on any atom is 0.320 e. The molecule has 0 amide bonds. The summed E-state index contributed by atoms with van der Waals surface area (Å²) in [6, 6.07) is 9.90. The average Bonchev–Trinajstić information content (AvgIpc) is 2.61. The van der Waals surface area contributed by atoms with Gasteiger partial charge in [0, 0.05) is 12.1 Å². The van der Waals surface area contributed by atoms with E-state index in [2.05, 4.69) is 0 Å². The van der Waals surface area contributed by atoms with Gasteiger partial charge in [-0.2, -0.15) is 0 Å². The summed E-state index contributed by atoms with van der Waals surface area (Å²) >= 11 is 0. The fourth-order valence-electron chi connectivity index (χ4n) is 2.96. The van der Waals surface area contributed by atoms with Gasteiger partial charge >= 0.3 is 11.9 Å². The Bertz CT molecular complexity index is 527. The Morgan fingerprint density at radius 3 is 2.33 bits per heavy atom. The first-order valence-electron chi connectivity index (χ1n) is 8.34. The Labute approximate surface area is 142 Å². The van der Waals surface area contributed by atoms with Crippen molar-refractivity contribution in [2.75, 3.05) is 20.2 Å². The fraction of sp³-hybridized carbons (Fsp3) is 0.556. The van der Waals surface area contributed by atoms with Crippen molar-refractivity contribution in [2.45, 2.75) is 44.4 Å². The zero-order valence-electron chi connectivity index (χ0n) is 14.1. The molecule has 0 aliphatic heterocycles. The Balaban J connectivity index is 1.88. The van der Waals surface area contributed by atoms with Crippen LogP contribution in [-0.2, 0) is 25.7 Å². The lowest BCUT2D eigenvalue weighted by Crippen LogP contribution is -2.46. The number of rotatable bonds is 7. The van der Waals surface area contributed by atoms with Gasteiger partial charge in [-0.15, -0.1) is 0 Å². The minimum absolute atomic E-state index is 0.0852. The van der Waals surface area contributed by atoms with Crippen LogP contribution in [0.3, 0.4) is 0 Å². The Morgan fingerprint density at radius 1 is 1.08 bits per heavy atom. The second-order valence-corrected chi connectivity index (χ2v) is 6.20. The Hall–Kier alpha value is -1.92. The highest BCUT2D eigenvalue weighted by Crippen LogP contribution is 2.22. The lowest BCUT2D eigenvalue weighted by Gasteiger charge is -2.34. The highest BCUT2D eigenvalue weighted by molar-refractivity contribution is 5.75. The molecule has 0 radical (unpaired) electrons. The maximum absolute atomic E-state index is 12.2. The highest BCUT2D eigenvalue weighted by atomic mass is 16.5. The molecule has 1 aliphatic carbocycles. The van der Waals surface area contributed by atoms with Gasteiger partial charge in [0.25, 0.3) is 0 Å². The number of carbonyl (C=O) groups excluding carboxylic acids is 2. The third-order valence-electron chi connectivity index (χ3n) is 4.39. The van der Waals surface area contributed by atoms with Gasteiger partial charge in [0.05, 0.1) is 20.2 Å². The molecule has 6 heteroatoms. The topological polar surface area (TPSA) is 81.9 Å². The van der Waals surface area contributed by atoms with Gasteiger partial charge in [0.1, 0.15) is 6.61 Å². The third kappa shape index (κ3) is 5.94. The summed E-state index contributed by atoms with van der Waals surface area (Å²) in [5, 5.41) is 0. The standard InChI is InChI=1S/C18H26N2O4/c1-23-17(21)11-20(16-9-7-15(19)8-10-16)12-18(22)24-13-14-5-3-2-4-6-14/h2-6,15-16H,7-13,19H2,1H3. The van der Waals surface area contributed by atoms with E-state index < -0.39 is 0 Å². The van der Waals surface area contributed by atoms with Crippen molar-refractivity contribution >= 4 is 11.9 Å². The number of esters is 2. The molecule has 1 aliphatic rings. The second kappa shape index (κ2) is 9.39. The molecule has 0 bridgehead atoms. The zero-order chi connectivity index (χ0) is 17.4. The number of nitrogens with zero attached hydrogens (tertiary/aromatic N) is 1. The highest BCUT2D eigenvalue weighted by Gasteiger charge is 2.28. The van der Waals surface area contributed by atoms with Crippen molar-refractivity contribution < 1.29 is 19.1 Å². The van der Waals surface area contributed by atoms with Crippen LogP contribution in [-0.4, -0.2) is 49.1 Å². The molecule has 0 unspecified atom stereocenters. The molecule has 1 saturated carbocycles. The van der Waals surface area contributed by atoms with E-state index in [-0.39, 0.29) is 43.7 Å². The van der Waals surface area contributed by atoms with Crippen molar-refractivity contribution in [3.05, 3.63) is 35.9 Å². The lowest BCUT2D eigenvalue weighted by molar-refractivity contribution is -0.149. The number of ether oxygens (including phenoxy) is 2. The van der Waals surface area contributed by atoms with E-state index in [1.165, 1.54) is 7.11 Å². The van der Waals surface area contributed by atoms with Crippen LogP contribution in [0.25, 0.3) is 0 Å². The van der Waals surface area contributed by atoms with E-state index in [4.69, 9.17) is 15.2 Å². The normalized spacial score (nSPS) is 20.6. The Kier molecular flexibility index (Phi) is 7.21. The van der Waals surface area contributed by atoms with Gasteiger partial charge in [-0.05, 0) is 31.2 Å². The number of hydrogen-bond donors (Lipinski definition) is 1. The van der Waals surface area contributed by atoms with Gasteiger partial charge < -0.3 is 15.2 Å². The summed E-state index contributed by atoms with van der Waals surface area (Å²) in [5.74, 6) is -0.682. The predicted octanol–water partition coefficient (Wildman–Crippen LogP) is 1.47. The summed E-state index contributed by atoms with van der Waals surface area (Å²) in [4.78, 5) is 25.7. The van der Waals surface area contributed by atoms with Crippen LogP contribution in [0.15, 0.2) is 30.3 Å². The smallest absolute Gasteiger partial charge is 0.320 e. The third-order valence-corrected chi connectivity index (χ3v) is 4.39. The quantitative estimate of drug-likeness (QED) is 0.761. The molecule has 6 nitrogen and oxygen atoms in total. The number of carbonyl (C=O) groups is 2. The summed E-state index contributed by atoms with van der Waals surface area (Å²) in [7, 11) is 1.35. The molecule has 2 N–H and O–H groups in total. The molecule has 0 atom stereocenters. The molecule has 1 aromatic rings. The lowest BCUT2D eigenvalue weighted by atomic mass is 9.90. The van der Waals surface area contributed by atoms with E-state index in [1.807, 2.05) is 35.2 Å². The molecule has 0 spiro atoms. The number of benzene rings is 1.